The summed E-state index contributed by atoms with van der Waals surface area (Å²) in [7, 11) is 0. The molecule has 2 N–H and O–H groups in total. The van der Waals surface area contributed by atoms with Crippen molar-refractivity contribution in [3.8, 4) is 5.75 Å². The van der Waals surface area contributed by atoms with Gasteiger partial charge < -0.3 is 15.4 Å². The van der Waals surface area contributed by atoms with Gasteiger partial charge >= 0.3 is 0 Å². The number of nitrogens with one attached hydrogen (secondary N) is 2. The summed E-state index contributed by atoms with van der Waals surface area (Å²) in [5.74, 6) is 0.947. The van der Waals surface area contributed by atoms with Gasteiger partial charge in [-0.05, 0) is 43.9 Å². The van der Waals surface area contributed by atoms with Crippen molar-refractivity contribution in [2.45, 2.75) is 45.4 Å². The Morgan fingerprint density at radius 1 is 1.32 bits per heavy atom. The lowest BCUT2D eigenvalue weighted by molar-refractivity contribution is -0.122. The Balaban J connectivity index is 0.00000225. The first kappa shape index (κ1) is 19.7. The molecule has 7 heteroatoms. The lowest BCUT2D eigenvalue weighted by Crippen LogP contribution is -2.42. The number of carbonyl (C=O) groups excluding carboxylic acids is 1. The van der Waals surface area contributed by atoms with Crippen molar-refractivity contribution in [2.75, 3.05) is 6.54 Å². The first-order valence-corrected chi connectivity index (χ1v) is 9.22. The first-order chi connectivity index (χ1) is 11.7. The molecule has 1 amide bonds. The highest BCUT2D eigenvalue weighted by molar-refractivity contribution is 7.09. The lowest BCUT2D eigenvalue weighted by Gasteiger charge is -2.15. The molecule has 1 saturated heterocycles. The van der Waals surface area contributed by atoms with Crippen LogP contribution < -0.4 is 15.4 Å². The molecule has 25 heavy (non-hydrogen) atoms. The fourth-order valence-electron chi connectivity index (χ4n) is 2.71. The second-order valence-corrected chi connectivity index (χ2v) is 7.07. The summed E-state index contributed by atoms with van der Waals surface area (Å²) < 4.78 is 5.75. The molecule has 1 atom stereocenters. The van der Waals surface area contributed by atoms with E-state index in [4.69, 9.17) is 4.74 Å². The second kappa shape index (κ2) is 9.75. The van der Waals surface area contributed by atoms with Gasteiger partial charge in [0.05, 0.1) is 16.7 Å². The molecule has 1 aromatic carbocycles. The van der Waals surface area contributed by atoms with Crippen LogP contribution in [-0.2, 0) is 17.9 Å². The number of carbonyl (C=O) groups is 1. The van der Waals surface area contributed by atoms with Gasteiger partial charge in [-0.1, -0.05) is 12.1 Å². The minimum absolute atomic E-state index is 0. The zero-order chi connectivity index (χ0) is 16.8. The number of aromatic nitrogens is 1. The lowest BCUT2D eigenvalue weighted by atomic mass is 10.1. The number of rotatable bonds is 6. The van der Waals surface area contributed by atoms with Gasteiger partial charge in [0.15, 0.2) is 0 Å². The van der Waals surface area contributed by atoms with Crippen LogP contribution in [0.1, 0.15) is 35.5 Å². The monoisotopic (exact) mass is 381 g/mol. The summed E-state index contributed by atoms with van der Waals surface area (Å²) in [6.07, 6.45) is 3.05. The van der Waals surface area contributed by atoms with E-state index in [1.54, 1.807) is 11.3 Å². The Morgan fingerprint density at radius 2 is 2.12 bits per heavy atom. The SMILES string of the molecule is Cc1nc(COc2ccc(CNC3CCCCNC3=O)cc2)cs1.Cl. The third-order valence-corrected chi connectivity index (χ3v) is 4.89. The van der Waals surface area contributed by atoms with E-state index in [0.29, 0.717) is 13.2 Å². The van der Waals surface area contributed by atoms with E-state index in [-0.39, 0.29) is 24.4 Å². The molecule has 5 nitrogen and oxygen atoms in total. The summed E-state index contributed by atoms with van der Waals surface area (Å²) in [6, 6.07) is 7.90. The van der Waals surface area contributed by atoms with Crippen LogP contribution in [0.2, 0.25) is 0 Å². The summed E-state index contributed by atoms with van der Waals surface area (Å²) in [4.78, 5) is 16.3. The first-order valence-electron chi connectivity index (χ1n) is 8.34. The van der Waals surface area contributed by atoms with E-state index in [1.807, 2.05) is 36.6 Å². The standard InChI is InChI=1S/C18H23N3O2S.ClH/c1-13-21-15(12-24-13)11-23-16-7-5-14(6-8-16)10-20-17-4-2-3-9-19-18(17)22;/h5-8,12,17,20H,2-4,9-11H2,1H3,(H,19,22);1H. The molecule has 0 saturated carbocycles. The van der Waals surface area contributed by atoms with Crippen molar-refractivity contribution in [1.82, 2.24) is 15.6 Å². The van der Waals surface area contributed by atoms with Gasteiger partial charge in [0.25, 0.3) is 0 Å². The van der Waals surface area contributed by atoms with Crippen molar-refractivity contribution >= 4 is 29.7 Å². The third-order valence-electron chi connectivity index (χ3n) is 4.06. The van der Waals surface area contributed by atoms with Crippen molar-refractivity contribution < 1.29 is 9.53 Å². The van der Waals surface area contributed by atoms with Gasteiger partial charge in [-0.2, -0.15) is 0 Å². The predicted octanol–water partition coefficient (Wildman–Crippen LogP) is 3.21. The van der Waals surface area contributed by atoms with Crippen molar-refractivity contribution in [2.24, 2.45) is 0 Å². The van der Waals surface area contributed by atoms with E-state index < -0.39 is 0 Å². The molecule has 2 heterocycles. The molecule has 1 aliphatic heterocycles. The quantitative estimate of drug-likeness (QED) is 0.806. The average Bonchev–Trinajstić information content (AvgIpc) is 2.90. The number of halogens is 1. The van der Waals surface area contributed by atoms with Crippen molar-refractivity contribution in [3.63, 3.8) is 0 Å². The Kier molecular flexibility index (Phi) is 7.68. The van der Waals surface area contributed by atoms with Crippen LogP contribution in [0.15, 0.2) is 29.6 Å². The highest BCUT2D eigenvalue weighted by Crippen LogP contribution is 2.16. The highest BCUT2D eigenvalue weighted by atomic mass is 35.5. The van der Waals surface area contributed by atoms with Gasteiger partial charge in [0.1, 0.15) is 12.4 Å². The molecule has 1 aliphatic rings. The van der Waals surface area contributed by atoms with E-state index in [9.17, 15) is 4.79 Å². The highest BCUT2D eigenvalue weighted by Gasteiger charge is 2.19. The van der Waals surface area contributed by atoms with Crippen LogP contribution in [0.3, 0.4) is 0 Å². The van der Waals surface area contributed by atoms with E-state index in [2.05, 4.69) is 15.6 Å². The summed E-state index contributed by atoms with van der Waals surface area (Å²) in [6.45, 7) is 3.96. The smallest absolute Gasteiger partial charge is 0.237 e. The fraction of sp³-hybridized carbons (Fsp3) is 0.444. The number of hydrogen-bond acceptors (Lipinski definition) is 5. The Morgan fingerprint density at radius 3 is 2.84 bits per heavy atom. The third kappa shape index (κ3) is 5.99. The van der Waals surface area contributed by atoms with Gasteiger partial charge in [-0.25, -0.2) is 4.98 Å². The zero-order valence-corrected chi connectivity index (χ0v) is 15.9. The van der Waals surface area contributed by atoms with Gasteiger partial charge in [-0.15, -0.1) is 23.7 Å². The number of benzene rings is 1. The van der Waals surface area contributed by atoms with Crippen LogP contribution in [0.5, 0.6) is 5.75 Å². The molecule has 1 aromatic heterocycles. The number of thiazole rings is 1. The van der Waals surface area contributed by atoms with Gasteiger partial charge in [0.2, 0.25) is 5.91 Å². The molecule has 1 unspecified atom stereocenters. The molecule has 3 rings (SSSR count). The zero-order valence-electron chi connectivity index (χ0n) is 14.3. The molecule has 2 aromatic rings. The van der Waals surface area contributed by atoms with E-state index in [0.717, 1.165) is 47.8 Å². The number of nitrogens with zero attached hydrogens (tertiary/aromatic N) is 1. The maximum absolute atomic E-state index is 11.9. The second-order valence-electron chi connectivity index (χ2n) is 6.01. The minimum Gasteiger partial charge on any atom is -0.487 e. The number of hydrogen-bond donors (Lipinski definition) is 2. The Hall–Kier alpha value is -1.63. The topological polar surface area (TPSA) is 63.2 Å². The minimum atomic E-state index is -0.0867. The van der Waals surface area contributed by atoms with Crippen LogP contribution in [-0.4, -0.2) is 23.5 Å². The van der Waals surface area contributed by atoms with Crippen molar-refractivity contribution in [3.05, 3.63) is 45.9 Å². The fourth-order valence-corrected chi connectivity index (χ4v) is 3.31. The average molecular weight is 382 g/mol. The molecule has 1 fully saturated rings. The molecule has 0 aliphatic carbocycles. The van der Waals surface area contributed by atoms with Crippen LogP contribution in [0.25, 0.3) is 0 Å². The van der Waals surface area contributed by atoms with E-state index in [1.165, 1.54) is 0 Å². The Bertz CT molecular complexity index is 675. The molecule has 136 valence electrons. The predicted molar refractivity (Wildman–Crippen MR) is 102 cm³/mol. The van der Waals surface area contributed by atoms with Gasteiger partial charge in [-0.3, -0.25) is 4.79 Å². The van der Waals surface area contributed by atoms with Crippen LogP contribution in [0.4, 0.5) is 0 Å². The number of aryl methyl sites for hydroxylation is 1. The maximum Gasteiger partial charge on any atom is 0.237 e. The van der Waals surface area contributed by atoms with E-state index >= 15 is 0 Å². The van der Waals surface area contributed by atoms with Crippen LogP contribution in [0, 0.1) is 6.92 Å². The molecular weight excluding hydrogens is 358 g/mol. The molecule has 0 radical (unpaired) electrons. The Labute approximate surface area is 158 Å². The summed E-state index contributed by atoms with van der Waals surface area (Å²) >= 11 is 1.63. The summed E-state index contributed by atoms with van der Waals surface area (Å²) in [5.41, 5.74) is 2.10. The number of amides is 1. The molecule has 0 spiro atoms. The largest absolute Gasteiger partial charge is 0.487 e. The summed E-state index contributed by atoms with van der Waals surface area (Å²) in [5, 5.41) is 9.37. The number of ether oxygens (including phenoxy) is 1. The van der Waals surface area contributed by atoms with Gasteiger partial charge in [0, 0.05) is 18.5 Å². The molecular formula is C18H24ClN3O2S. The van der Waals surface area contributed by atoms with Crippen molar-refractivity contribution in [1.29, 1.82) is 0 Å². The molecule has 0 bridgehead atoms. The normalized spacial score (nSPS) is 17.3. The maximum atomic E-state index is 11.9. The van der Waals surface area contributed by atoms with Crippen LogP contribution >= 0.6 is 23.7 Å².